The van der Waals surface area contributed by atoms with Gasteiger partial charge in [-0.2, -0.15) is 0 Å². The van der Waals surface area contributed by atoms with E-state index in [1.54, 1.807) is 0 Å². The Balaban J connectivity index is 1.40. The molecule has 1 amide bonds. The van der Waals surface area contributed by atoms with E-state index in [9.17, 15) is 4.79 Å². The van der Waals surface area contributed by atoms with Crippen LogP contribution < -0.4 is 0 Å². The molecule has 1 saturated heterocycles. The number of likely N-dealkylation sites (tertiary alicyclic amines) is 1. The van der Waals surface area contributed by atoms with Gasteiger partial charge in [0, 0.05) is 30.1 Å². The van der Waals surface area contributed by atoms with Crippen molar-refractivity contribution < 1.29 is 9.21 Å². The molecule has 4 aromatic rings. The van der Waals surface area contributed by atoms with Gasteiger partial charge in [0.05, 0.1) is 0 Å². The summed E-state index contributed by atoms with van der Waals surface area (Å²) in [7, 11) is 0. The molecule has 2 heterocycles. The van der Waals surface area contributed by atoms with Gasteiger partial charge in [-0.15, -0.1) is 10.2 Å². The molecule has 1 fully saturated rings. The van der Waals surface area contributed by atoms with E-state index >= 15 is 0 Å². The summed E-state index contributed by atoms with van der Waals surface area (Å²) >= 11 is 0. The van der Waals surface area contributed by atoms with E-state index in [0.29, 0.717) is 18.2 Å². The van der Waals surface area contributed by atoms with E-state index in [1.807, 2.05) is 77.7 Å². The lowest BCUT2D eigenvalue weighted by Gasteiger charge is -2.35. The van der Waals surface area contributed by atoms with Gasteiger partial charge in [-0.25, -0.2) is 0 Å². The number of rotatable bonds is 4. The first-order valence-electron chi connectivity index (χ1n) is 10.5. The van der Waals surface area contributed by atoms with Crippen molar-refractivity contribution in [2.75, 3.05) is 6.54 Å². The van der Waals surface area contributed by atoms with E-state index in [1.165, 1.54) is 0 Å². The van der Waals surface area contributed by atoms with Crippen molar-refractivity contribution in [3.8, 4) is 11.5 Å². The van der Waals surface area contributed by atoms with Gasteiger partial charge in [0.25, 0.3) is 5.91 Å². The van der Waals surface area contributed by atoms with Crippen molar-refractivity contribution in [1.82, 2.24) is 15.1 Å². The maximum atomic E-state index is 13.5. The third kappa shape index (κ3) is 3.59. The van der Waals surface area contributed by atoms with E-state index < -0.39 is 0 Å². The maximum Gasteiger partial charge on any atom is 0.254 e. The molecule has 5 nitrogen and oxygen atoms in total. The second-order valence-corrected chi connectivity index (χ2v) is 7.75. The summed E-state index contributed by atoms with van der Waals surface area (Å²) in [6.45, 7) is 0.756. The molecule has 0 aliphatic carbocycles. The minimum atomic E-state index is 0.0642. The first-order chi connectivity index (χ1) is 14.8. The molecule has 150 valence electrons. The fraction of sp³-hybridized carbons (Fsp3) is 0.240. The smallest absolute Gasteiger partial charge is 0.254 e. The number of nitrogens with zero attached hydrogens (tertiary/aromatic N) is 3. The summed E-state index contributed by atoms with van der Waals surface area (Å²) in [5.74, 6) is 1.18. The van der Waals surface area contributed by atoms with Gasteiger partial charge in [0.15, 0.2) is 0 Å². The minimum Gasteiger partial charge on any atom is -0.421 e. The molecule has 0 bridgehead atoms. The van der Waals surface area contributed by atoms with Crippen molar-refractivity contribution in [2.45, 2.75) is 31.7 Å². The van der Waals surface area contributed by atoms with E-state index in [-0.39, 0.29) is 11.9 Å². The molecular formula is C25H23N3O2. The van der Waals surface area contributed by atoms with Gasteiger partial charge in [-0.3, -0.25) is 4.79 Å². The highest BCUT2D eigenvalue weighted by Gasteiger charge is 2.30. The third-order valence-corrected chi connectivity index (χ3v) is 5.81. The molecular weight excluding hydrogens is 374 g/mol. The molecule has 1 aromatic heterocycles. The number of hydrogen-bond acceptors (Lipinski definition) is 4. The molecule has 1 aliphatic heterocycles. The Kier molecular flexibility index (Phi) is 5.01. The van der Waals surface area contributed by atoms with Crippen LogP contribution in [0.15, 0.2) is 77.2 Å². The Morgan fingerprint density at radius 3 is 2.63 bits per heavy atom. The predicted octanol–water partition coefficient (Wildman–Crippen LogP) is 5.13. The van der Waals surface area contributed by atoms with Gasteiger partial charge in [0.1, 0.15) is 0 Å². The topological polar surface area (TPSA) is 59.2 Å². The zero-order chi connectivity index (χ0) is 20.3. The molecule has 5 rings (SSSR count). The van der Waals surface area contributed by atoms with Crippen LogP contribution in [0.2, 0.25) is 0 Å². The van der Waals surface area contributed by atoms with Crippen LogP contribution in [0.5, 0.6) is 0 Å². The Hall–Kier alpha value is -3.47. The molecule has 0 spiro atoms. The van der Waals surface area contributed by atoms with Crippen LogP contribution in [-0.4, -0.2) is 33.6 Å². The molecule has 0 radical (unpaired) electrons. The van der Waals surface area contributed by atoms with E-state index in [2.05, 4.69) is 10.2 Å². The van der Waals surface area contributed by atoms with Crippen LogP contribution in [0, 0.1) is 0 Å². The first kappa shape index (κ1) is 18.6. The number of carbonyl (C=O) groups is 1. The van der Waals surface area contributed by atoms with Crippen molar-refractivity contribution in [2.24, 2.45) is 0 Å². The standard InChI is InChI=1S/C25H23N3O2/c29-25(22-15-8-12-18-9-4-5-14-21(18)22)28-16-7-6-13-20(28)17-23-26-27-24(30-23)19-10-2-1-3-11-19/h1-5,8-12,14-15,20H,6-7,13,16-17H2. The maximum absolute atomic E-state index is 13.5. The molecule has 3 aromatic carbocycles. The monoisotopic (exact) mass is 397 g/mol. The summed E-state index contributed by atoms with van der Waals surface area (Å²) in [5, 5.41) is 10.5. The van der Waals surface area contributed by atoms with Gasteiger partial charge in [-0.05, 0) is 48.2 Å². The molecule has 1 aliphatic rings. The average Bonchev–Trinajstić information content (AvgIpc) is 3.28. The lowest BCUT2D eigenvalue weighted by molar-refractivity contribution is 0.0608. The quantitative estimate of drug-likeness (QED) is 0.479. The number of fused-ring (bicyclic) bond motifs is 1. The zero-order valence-corrected chi connectivity index (χ0v) is 16.7. The van der Waals surface area contributed by atoms with Crippen molar-refractivity contribution in [3.05, 3.63) is 84.3 Å². The van der Waals surface area contributed by atoms with Crippen molar-refractivity contribution in [1.29, 1.82) is 0 Å². The van der Waals surface area contributed by atoms with E-state index in [4.69, 9.17) is 4.42 Å². The van der Waals surface area contributed by atoms with Crippen LogP contribution in [-0.2, 0) is 6.42 Å². The minimum absolute atomic E-state index is 0.0642. The number of aromatic nitrogens is 2. The summed E-state index contributed by atoms with van der Waals surface area (Å²) in [6, 6.07) is 23.8. The predicted molar refractivity (Wildman–Crippen MR) is 116 cm³/mol. The molecule has 5 heteroatoms. The molecule has 1 atom stereocenters. The summed E-state index contributed by atoms with van der Waals surface area (Å²) in [6.07, 6.45) is 3.64. The molecule has 1 unspecified atom stereocenters. The van der Waals surface area contributed by atoms with Crippen LogP contribution >= 0.6 is 0 Å². The van der Waals surface area contributed by atoms with Crippen molar-refractivity contribution in [3.63, 3.8) is 0 Å². The SMILES string of the molecule is O=C(c1cccc2ccccc12)N1CCCCC1Cc1nnc(-c2ccccc2)o1. The highest BCUT2D eigenvalue weighted by Crippen LogP contribution is 2.27. The Morgan fingerprint density at radius 1 is 0.933 bits per heavy atom. The van der Waals surface area contributed by atoms with Crippen molar-refractivity contribution >= 4 is 16.7 Å². The number of carbonyl (C=O) groups excluding carboxylic acids is 1. The number of piperidine rings is 1. The second kappa shape index (κ2) is 8.11. The van der Waals surface area contributed by atoms with E-state index in [0.717, 1.165) is 47.7 Å². The normalized spacial score (nSPS) is 16.7. The Bertz CT molecular complexity index is 1160. The van der Waals surface area contributed by atoms with Crippen LogP contribution in [0.3, 0.4) is 0 Å². The van der Waals surface area contributed by atoms with Gasteiger partial charge < -0.3 is 9.32 Å². The highest BCUT2D eigenvalue weighted by molar-refractivity contribution is 6.07. The number of hydrogen-bond donors (Lipinski definition) is 0. The van der Waals surface area contributed by atoms with Crippen LogP contribution in [0.4, 0.5) is 0 Å². The highest BCUT2D eigenvalue weighted by atomic mass is 16.4. The lowest BCUT2D eigenvalue weighted by atomic mass is 9.96. The molecule has 0 N–H and O–H groups in total. The Morgan fingerprint density at radius 2 is 1.73 bits per heavy atom. The zero-order valence-electron chi connectivity index (χ0n) is 16.7. The largest absolute Gasteiger partial charge is 0.421 e. The average molecular weight is 397 g/mol. The fourth-order valence-electron chi connectivity index (χ4n) is 4.28. The van der Waals surface area contributed by atoms with Gasteiger partial charge in [-0.1, -0.05) is 54.6 Å². The summed E-state index contributed by atoms with van der Waals surface area (Å²) < 4.78 is 5.92. The second-order valence-electron chi connectivity index (χ2n) is 7.75. The lowest BCUT2D eigenvalue weighted by Crippen LogP contribution is -2.45. The van der Waals surface area contributed by atoms with Crippen LogP contribution in [0.25, 0.3) is 22.2 Å². The first-order valence-corrected chi connectivity index (χ1v) is 10.5. The Labute approximate surface area is 175 Å². The number of benzene rings is 3. The van der Waals surface area contributed by atoms with Gasteiger partial charge >= 0.3 is 0 Å². The summed E-state index contributed by atoms with van der Waals surface area (Å²) in [5.41, 5.74) is 1.67. The van der Waals surface area contributed by atoms with Crippen LogP contribution in [0.1, 0.15) is 35.5 Å². The molecule has 30 heavy (non-hydrogen) atoms. The fourth-order valence-corrected chi connectivity index (χ4v) is 4.28. The third-order valence-electron chi connectivity index (χ3n) is 5.81. The van der Waals surface area contributed by atoms with Gasteiger partial charge in [0.2, 0.25) is 11.8 Å². The summed E-state index contributed by atoms with van der Waals surface area (Å²) in [4.78, 5) is 15.5. The number of amides is 1. The molecule has 0 saturated carbocycles.